The van der Waals surface area contributed by atoms with Gasteiger partial charge < -0.3 is 19.7 Å². The van der Waals surface area contributed by atoms with Crippen molar-refractivity contribution in [3.63, 3.8) is 0 Å². The molecule has 3 rings (SSSR count). The van der Waals surface area contributed by atoms with E-state index in [2.05, 4.69) is 5.32 Å². The van der Waals surface area contributed by atoms with Crippen molar-refractivity contribution < 1.29 is 23.9 Å². The lowest BCUT2D eigenvalue weighted by Gasteiger charge is -2.20. The Bertz CT molecular complexity index is 902. The van der Waals surface area contributed by atoms with Crippen LogP contribution in [0.4, 0.5) is 5.69 Å². The summed E-state index contributed by atoms with van der Waals surface area (Å²) in [7, 11) is 0. The summed E-state index contributed by atoms with van der Waals surface area (Å²) in [6.07, 6.45) is 4.32. The molecular formula is C24H28N2O5. The Hall–Kier alpha value is -3.35. The van der Waals surface area contributed by atoms with Crippen LogP contribution in [0.3, 0.4) is 0 Å². The highest BCUT2D eigenvalue weighted by atomic mass is 16.5. The van der Waals surface area contributed by atoms with E-state index in [-0.39, 0.29) is 18.4 Å². The molecule has 0 radical (unpaired) electrons. The summed E-state index contributed by atoms with van der Waals surface area (Å²) in [5.74, 6) is -0.479. The number of rotatable bonds is 7. The second-order valence-corrected chi connectivity index (χ2v) is 7.33. The van der Waals surface area contributed by atoms with Crippen LogP contribution < -0.4 is 10.1 Å². The van der Waals surface area contributed by atoms with Crippen molar-refractivity contribution in [2.45, 2.75) is 32.6 Å². The zero-order valence-corrected chi connectivity index (χ0v) is 17.8. The second kappa shape index (κ2) is 11.2. The third kappa shape index (κ3) is 6.31. The number of nitrogens with one attached hydrogen (secondary N) is 1. The summed E-state index contributed by atoms with van der Waals surface area (Å²) in [4.78, 5) is 38.8. The molecule has 2 aromatic rings. The van der Waals surface area contributed by atoms with E-state index >= 15 is 0 Å². The summed E-state index contributed by atoms with van der Waals surface area (Å²) in [5, 5.41) is 2.79. The van der Waals surface area contributed by atoms with Gasteiger partial charge in [0.05, 0.1) is 17.7 Å². The molecule has 1 aliphatic rings. The average molecular weight is 424 g/mol. The maximum Gasteiger partial charge on any atom is 0.338 e. The number of esters is 1. The first kappa shape index (κ1) is 22.3. The Labute approximate surface area is 182 Å². The van der Waals surface area contributed by atoms with E-state index in [0.717, 1.165) is 38.8 Å². The zero-order chi connectivity index (χ0) is 22.1. The number of amides is 2. The zero-order valence-electron chi connectivity index (χ0n) is 17.8. The third-order valence-corrected chi connectivity index (χ3v) is 5.10. The summed E-state index contributed by atoms with van der Waals surface area (Å²) in [5.41, 5.74) is 1.28. The van der Waals surface area contributed by atoms with Crippen LogP contribution in [0.2, 0.25) is 0 Å². The summed E-state index contributed by atoms with van der Waals surface area (Å²) in [6.45, 7) is 3.46. The maximum atomic E-state index is 12.8. The highest BCUT2D eigenvalue weighted by Crippen LogP contribution is 2.21. The fourth-order valence-electron chi connectivity index (χ4n) is 3.43. The van der Waals surface area contributed by atoms with Crippen molar-refractivity contribution in [1.29, 1.82) is 0 Å². The van der Waals surface area contributed by atoms with E-state index in [1.54, 1.807) is 55.5 Å². The number of para-hydroxylation sites is 1. The molecule has 2 aromatic carbocycles. The number of nitrogens with zero attached hydrogens (tertiary/aromatic N) is 1. The van der Waals surface area contributed by atoms with Gasteiger partial charge in [0, 0.05) is 18.8 Å². The van der Waals surface area contributed by atoms with E-state index in [0.29, 0.717) is 29.2 Å². The molecule has 0 unspecified atom stereocenters. The summed E-state index contributed by atoms with van der Waals surface area (Å²) in [6, 6.07) is 13.3. The molecule has 1 saturated heterocycles. The molecule has 1 fully saturated rings. The first-order valence-electron chi connectivity index (χ1n) is 10.7. The van der Waals surface area contributed by atoms with Crippen molar-refractivity contribution in [3.8, 4) is 5.75 Å². The summed E-state index contributed by atoms with van der Waals surface area (Å²) >= 11 is 0. The van der Waals surface area contributed by atoms with E-state index in [1.807, 2.05) is 4.90 Å². The third-order valence-electron chi connectivity index (χ3n) is 5.10. The van der Waals surface area contributed by atoms with Crippen LogP contribution in [0.15, 0.2) is 48.5 Å². The van der Waals surface area contributed by atoms with Crippen molar-refractivity contribution in [3.05, 3.63) is 59.7 Å². The van der Waals surface area contributed by atoms with Gasteiger partial charge in [0.15, 0.2) is 6.61 Å². The molecule has 0 saturated carbocycles. The molecule has 1 N–H and O–H groups in total. The maximum absolute atomic E-state index is 12.8. The van der Waals surface area contributed by atoms with E-state index < -0.39 is 5.97 Å². The summed E-state index contributed by atoms with van der Waals surface area (Å²) < 4.78 is 10.7. The van der Waals surface area contributed by atoms with Crippen molar-refractivity contribution in [2.24, 2.45) is 0 Å². The molecule has 7 nitrogen and oxygen atoms in total. The standard InChI is InChI=1S/C24H28N2O5/c1-2-30-24(29)18-11-13-19(14-12-18)25-23(28)20-9-5-6-10-21(20)31-17-22(27)26-15-7-3-4-8-16-26/h5-6,9-14H,2-4,7-8,15-17H2,1H3,(H,25,28). The van der Waals surface area contributed by atoms with Gasteiger partial charge in [0.25, 0.3) is 11.8 Å². The number of likely N-dealkylation sites (tertiary alicyclic amines) is 1. The number of carbonyl (C=O) groups is 3. The lowest BCUT2D eigenvalue weighted by molar-refractivity contribution is -0.133. The molecule has 1 aliphatic heterocycles. The first-order chi connectivity index (χ1) is 15.1. The van der Waals surface area contributed by atoms with Gasteiger partial charge in [-0.05, 0) is 56.2 Å². The normalized spacial score (nSPS) is 13.8. The predicted octanol–water partition coefficient (Wildman–Crippen LogP) is 3.90. The van der Waals surface area contributed by atoms with Crippen molar-refractivity contribution in [1.82, 2.24) is 4.90 Å². The molecule has 164 valence electrons. The smallest absolute Gasteiger partial charge is 0.338 e. The topological polar surface area (TPSA) is 84.9 Å². The minimum atomic E-state index is -0.409. The Balaban J connectivity index is 1.62. The molecule has 7 heteroatoms. The Kier molecular flexibility index (Phi) is 8.04. The molecule has 0 spiro atoms. The van der Waals surface area contributed by atoms with Crippen LogP contribution in [-0.2, 0) is 9.53 Å². The molecule has 0 atom stereocenters. The predicted molar refractivity (Wildman–Crippen MR) is 117 cm³/mol. The number of anilines is 1. The molecular weight excluding hydrogens is 396 g/mol. The van der Waals surface area contributed by atoms with Crippen LogP contribution >= 0.6 is 0 Å². The van der Waals surface area contributed by atoms with E-state index in [4.69, 9.17) is 9.47 Å². The van der Waals surface area contributed by atoms with Crippen LogP contribution in [0.1, 0.15) is 53.3 Å². The van der Waals surface area contributed by atoms with Crippen LogP contribution in [0.5, 0.6) is 5.75 Å². The fourth-order valence-corrected chi connectivity index (χ4v) is 3.43. The Morgan fingerprint density at radius 1 is 0.935 bits per heavy atom. The molecule has 1 heterocycles. The van der Waals surface area contributed by atoms with Crippen LogP contribution in [0, 0.1) is 0 Å². The second-order valence-electron chi connectivity index (χ2n) is 7.33. The van der Waals surface area contributed by atoms with Crippen LogP contribution in [-0.4, -0.2) is 49.0 Å². The minimum absolute atomic E-state index is 0.0633. The van der Waals surface area contributed by atoms with E-state index in [9.17, 15) is 14.4 Å². The van der Waals surface area contributed by atoms with Crippen LogP contribution in [0.25, 0.3) is 0 Å². The Morgan fingerprint density at radius 2 is 1.61 bits per heavy atom. The van der Waals surface area contributed by atoms with Crippen molar-refractivity contribution in [2.75, 3.05) is 31.6 Å². The number of hydrogen-bond donors (Lipinski definition) is 1. The first-order valence-corrected chi connectivity index (χ1v) is 10.7. The molecule has 0 aliphatic carbocycles. The largest absolute Gasteiger partial charge is 0.483 e. The fraction of sp³-hybridized carbons (Fsp3) is 0.375. The van der Waals surface area contributed by atoms with Crippen molar-refractivity contribution >= 4 is 23.5 Å². The lowest BCUT2D eigenvalue weighted by Crippen LogP contribution is -2.35. The molecule has 0 bridgehead atoms. The van der Waals surface area contributed by atoms with Gasteiger partial charge in [-0.15, -0.1) is 0 Å². The average Bonchev–Trinajstić information content (AvgIpc) is 3.08. The van der Waals surface area contributed by atoms with E-state index in [1.165, 1.54) is 0 Å². The molecule has 2 amide bonds. The number of hydrogen-bond acceptors (Lipinski definition) is 5. The quantitative estimate of drug-likeness (QED) is 0.682. The van der Waals surface area contributed by atoms with Gasteiger partial charge >= 0.3 is 5.97 Å². The number of benzene rings is 2. The van der Waals surface area contributed by atoms with Gasteiger partial charge in [-0.2, -0.15) is 0 Å². The van der Waals surface area contributed by atoms with Gasteiger partial charge in [0.2, 0.25) is 0 Å². The number of ether oxygens (including phenoxy) is 2. The van der Waals surface area contributed by atoms with Gasteiger partial charge in [-0.25, -0.2) is 4.79 Å². The van der Waals surface area contributed by atoms with Gasteiger partial charge in [-0.3, -0.25) is 9.59 Å². The Morgan fingerprint density at radius 3 is 2.29 bits per heavy atom. The molecule has 0 aromatic heterocycles. The van der Waals surface area contributed by atoms with Gasteiger partial charge in [0.1, 0.15) is 5.75 Å². The monoisotopic (exact) mass is 424 g/mol. The highest BCUT2D eigenvalue weighted by molar-refractivity contribution is 6.06. The van der Waals surface area contributed by atoms with Gasteiger partial charge in [-0.1, -0.05) is 25.0 Å². The lowest BCUT2D eigenvalue weighted by atomic mass is 10.1. The molecule has 31 heavy (non-hydrogen) atoms. The minimum Gasteiger partial charge on any atom is -0.483 e. The SMILES string of the molecule is CCOC(=O)c1ccc(NC(=O)c2ccccc2OCC(=O)N2CCCCCC2)cc1. The number of carbonyl (C=O) groups excluding carboxylic acids is 3. The highest BCUT2D eigenvalue weighted by Gasteiger charge is 2.18.